The van der Waals surface area contributed by atoms with E-state index in [4.69, 9.17) is 0 Å². The lowest BCUT2D eigenvalue weighted by Crippen LogP contribution is -2.30. The number of halogens is 4. The molecule has 0 aliphatic heterocycles. The predicted molar refractivity (Wildman–Crippen MR) is 117 cm³/mol. The Morgan fingerprint density at radius 2 is 1.61 bits per heavy atom. The van der Waals surface area contributed by atoms with Crippen LogP contribution in [0, 0.1) is 23.6 Å². The van der Waals surface area contributed by atoms with Gasteiger partial charge in [-0.05, 0) is 97.9 Å². The van der Waals surface area contributed by atoms with E-state index in [0.29, 0.717) is 17.0 Å². The average molecular weight is 431 g/mol. The summed E-state index contributed by atoms with van der Waals surface area (Å²) in [5.41, 5.74) is 1.14. The van der Waals surface area contributed by atoms with Gasteiger partial charge in [-0.1, -0.05) is 36.8 Å². The quantitative estimate of drug-likeness (QED) is 0.328. The first kappa shape index (κ1) is 22.1. The van der Waals surface area contributed by atoms with Crippen LogP contribution in [0.5, 0.6) is 0 Å². The molecule has 0 radical (unpaired) electrons. The van der Waals surface area contributed by atoms with E-state index in [1.54, 1.807) is 12.1 Å². The van der Waals surface area contributed by atoms with Crippen LogP contribution in [0.1, 0.15) is 68.4 Å². The summed E-state index contributed by atoms with van der Waals surface area (Å²) in [5.74, 6) is 2.39. The minimum Gasteiger partial charge on any atom is -0.206 e. The highest BCUT2D eigenvalue weighted by Crippen LogP contribution is 2.48. The number of hydrogen-bond donors (Lipinski definition) is 0. The molecule has 4 atom stereocenters. The Bertz CT molecular complexity index is 896. The van der Waals surface area contributed by atoms with Gasteiger partial charge in [-0.3, -0.25) is 0 Å². The molecule has 4 heteroatoms. The monoisotopic (exact) mass is 430 g/mol. The van der Waals surface area contributed by atoms with E-state index in [1.165, 1.54) is 44.2 Å². The number of fused-ring (bicyclic) bond motifs is 1. The van der Waals surface area contributed by atoms with E-state index in [9.17, 15) is 17.6 Å². The molecule has 0 aromatic heterocycles. The second-order valence-electron chi connectivity index (χ2n) is 9.39. The van der Waals surface area contributed by atoms with Gasteiger partial charge >= 0.3 is 6.18 Å². The first-order valence-corrected chi connectivity index (χ1v) is 11.4. The summed E-state index contributed by atoms with van der Waals surface area (Å²) in [5, 5.41) is 0. The minimum absolute atomic E-state index is 0.354. The van der Waals surface area contributed by atoms with Crippen molar-refractivity contribution in [1.82, 2.24) is 0 Å². The fourth-order valence-electron chi connectivity index (χ4n) is 5.76. The third-order valence-electron chi connectivity index (χ3n) is 7.49. The lowest BCUT2D eigenvalue weighted by Gasteiger charge is -2.42. The molecule has 2 saturated carbocycles. The van der Waals surface area contributed by atoms with Crippen LogP contribution in [-0.4, -0.2) is 0 Å². The van der Waals surface area contributed by atoms with Crippen LogP contribution in [0.3, 0.4) is 0 Å². The van der Waals surface area contributed by atoms with Gasteiger partial charge in [0, 0.05) is 5.56 Å². The van der Waals surface area contributed by atoms with Crippen LogP contribution in [0.25, 0.3) is 11.1 Å². The SMILES string of the molecule is C=CCCC1CCC2CC(c3ccc(-c4ccc(C(F)(F)F)cc4)c(F)c3)CCC2C1. The fraction of sp³-hybridized carbons (Fsp3) is 0.481. The van der Waals surface area contributed by atoms with Crippen LogP contribution >= 0.6 is 0 Å². The van der Waals surface area contributed by atoms with E-state index >= 15 is 0 Å². The van der Waals surface area contributed by atoms with E-state index in [-0.39, 0.29) is 5.82 Å². The molecule has 2 aliphatic rings. The minimum atomic E-state index is -4.38. The summed E-state index contributed by atoms with van der Waals surface area (Å²) in [6.07, 6.45) is 7.32. The highest BCUT2D eigenvalue weighted by atomic mass is 19.4. The molecule has 4 rings (SSSR count). The smallest absolute Gasteiger partial charge is 0.206 e. The van der Waals surface area contributed by atoms with Crippen molar-refractivity contribution >= 4 is 0 Å². The Morgan fingerprint density at radius 1 is 0.903 bits per heavy atom. The molecule has 0 N–H and O–H groups in total. The Balaban J connectivity index is 1.43. The van der Waals surface area contributed by atoms with Gasteiger partial charge in [0.2, 0.25) is 0 Å². The third kappa shape index (κ3) is 5.05. The highest BCUT2D eigenvalue weighted by Gasteiger charge is 2.36. The number of allylic oxidation sites excluding steroid dienone is 1. The van der Waals surface area contributed by atoms with Gasteiger partial charge in [-0.15, -0.1) is 6.58 Å². The van der Waals surface area contributed by atoms with Crippen molar-refractivity contribution in [3.05, 3.63) is 72.1 Å². The summed E-state index contributed by atoms with van der Waals surface area (Å²) < 4.78 is 53.2. The zero-order chi connectivity index (χ0) is 22.0. The van der Waals surface area contributed by atoms with Gasteiger partial charge in [0.05, 0.1) is 5.56 Å². The van der Waals surface area contributed by atoms with Crippen molar-refractivity contribution in [2.75, 3.05) is 0 Å². The molecule has 31 heavy (non-hydrogen) atoms. The predicted octanol–water partition coefficient (Wildman–Crippen LogP) is 8.78. The standard InChI is InChI=1S/C27H30F4/c1-2-3-4-18-5-6-21-16-22(8-7-20(21)15-18)23-11-14-25(26(28)17-23)19-9-12-24(13-10-19)27(29,30)31/h2,9-14,17-18,20-22H,1,3-8,15-16H2. The van der Waals surface area contributed by atoms with Gasteiger partial charge in [0.1, 0.15) is 5.82 Å². The molecule has 2 fully saturated rings. The van der Waals surface area contributed by atoms with Crippen molar-refractivity contribution in [1.29, 1.82) is 0 Å². The Labute approximate surface area is 182 Å². The second-order valence-corrected chi connectivity index (χ2v) is 9.39. The Kier molecular flexibility index (Phi) is 6.55. The maximum atomic E-state index is 14.9. The Hall–Kier alpha value is -2.10. The number of rotatable bonds is 5. The molecular formula is C27H30F4. The third-order valence-corrected chi connectivity index (χ3v) is 7.49. The molecule has 166 valence electrons. The van der Waals surface area contributed by atoms with Gasteiger partial charge in [0.15, 0.2) is 0 Å². The summed E-state index contributed by atoms with van der Waals surface area (Å²) in [4.78, 5) is 0. The van der Waals surface area contributed by atoms with Crippen molar-refractivity contribution in [2.45, 2.75) is 63.5 Å². The molecule has 0 saturated heterocycles. The molecular weight excluding hydrogens is 400 g/mol. The first-order chi connectivity index (χ1) is 14.8. The largest absolute Gasteiger partial charge is 0.416 e. The van der Waals surface area contributed by atoms with Crippen LogP contribution in [0.15, 0.2) is 55.1 Å². The fourth-order valence-corrected chi connectivity index (χ4v) is 5.76. The van der Waals surface area contributed by atoms with Crippen LogP contribution < -0.4 is 0 Å². The Morgan fingerprint density at radius 3 is 2.29 bits per heavy atom. The van der Waals surface area contributed by atoms with Crippen LogP contribution in [0.2, 0.25) is 0 Å². The summed E-state index contributed by atoms with van der Waals surface area (Å²) in [6.45, 7) is 3.84. The molecule has 0 heterocycles. The van der Waals surface area contributed by atoms with Gasteiger partial charge < -0.3 is 0 Å². The van der Waals surface area contributed by atoms with E-state index in [1.807, 2.05) is 12.1 Å². The maximum absolute atomic E-state index is 14.9. The van der Waals surface area contributed by atoms with Gasteiger partial charge in [-0.25, -0.2) is 4.39 Å². The second kappa shape index (κ2) is 9.18. The summed E-state index contributed by atoms with van der Waals surface area (Å²) >= 11 is 0. The molecule has 0 nitrogen and oxygen atoms in total. The lowest BCUT2D eigenvalue weighted by molar-refractivity contribution is -0.137. The zero-order valence-electron chi connectivity index (χ0n) is 17.8. The normalized spacial score (nSPS) is 26.3. The van der Waals surface area contributed by atoms with Crippen molar-refractivity contribution < 1.29 is 17.6 Å². The molecule has 2 aromatic carbocycles. The van der Waals surface area contributed by atoms with Gasteiger partial charge in [-0.2, -0.15) is 13.2 Å². The van der Waals surface area contributed by atoms with Crippen molar-refractivity contribution in [3.8, 4) is 11.1 Å². The molecule has 0 bridgehead atoms. The van der Waals surface area contributed by atoms with E-state index < -0.39 is 11.7 Å². The van der Waals surface area contributed by atoms with Crippen molar-refractivity contribution in [3.63, 3.8) is 0 Å². The van der Waals surface area contributed by atoms with Crippen LogP contribution in [0.4, 0.5) is 17.6 Å². The van der Waals surface area contributed by atoms with Crippen molar-refractivity contribution in [2.24, 2.45) is 17.8 Å². The number of benzene rings is 2. The highest BCUT2D eigenvalue weighted by molar-refractivity contribution is 5.65. The molecule has 2 aliphatic carbocycles. The zero-order valence-corrected chi connectivity index (χ0v) is 17.8. The number of alkyl halides is 3. The molecule has 0 amide bonds. The summed E-state index contributed by atoms with van der Waals surface area (Å²) in [7, 11) is 0. The molecule has 0 spiro atoms. The first-order valence-electron chi connectivity index (χ1n) is 11.4. The lowest BCUT2D eigenvalue weighted by atomic mass is 9.63. The topological polar surface area (TPSA) is 0 Å². The van der Waals surface area contributed by atoms with Gasteiger partial charge in [0.25, 0.3) is 0 Å². The molecule has 4 unspecified atom stereocenters. The van der Waals surface area contributed by atoms with Crippen LogP contribution in [-0.2, 0) is 6.18 Å². The summed E-state index contributed by atoms with van der Waals surface area (Å²) in [6, 6.07) is 10.0. The van der Waals surface area contributed by atoms with E-state index in [0.717, 1.165) is 54.7 Å². The average Bonchev–Trinajstić information content (AvgIpc) is 2.76. The number of hydrogen-bond acceptors (Lipinski definition) is 0. The molecule has 2 aromatic rings. The maximum Gasteiger partial charge on any atom is 0.416 e. The van der Waals surface area contributed by atoms with E-state index in [2.05, 4.69) is 6.58 Å².